The van der Waals surface area contributed by atoms with Crippen molar-refractivity contribution in [3.8, 4) is 0 Å². The quantitative estimate of drug-likeness (QED) is 0.890. The molecule has 0 aromatic carbocycles. The number of carbonyl (C=O) groups excluding carboxylic acids is 2. The van der Waals surface area contributed by atoms with E-state index >= 15 is 0 Å². The van der Waals surface area contributed by atoms with Crippen LogP contribution in [0.2, 0.25) is 0 Å². The van der Waals surface area contributed by atoms with Gasteiger partial charge in [-0.05, 0) is 18.4 Å². The minimum atomic E-state index is -0.211. The minimum absolute atomic E-state index is 0.0463. The number of rotatable bonds is 4. The lowest BCUT2D eigenvalue weighted by atomic mass is 10.1. The molecule has 0 radical (unpaired) electrons. The van der Waals surface area contributed by atoms with E-state index in [0.29, 0.717) is 26.3 Å². The first-order valence-electron chi connectivity index (χ1n) is 6.35. The number of hydrogen-bond acceptors (Lipinski definition) is 4. The summed E-state index contributed by atoms with van der Waals surface area (Å²) in [4.78, 5) is 26.5. The Morgan fingerprint density at radius 3 is 2.84 bits per heavy atom. The summed E-state index contributed by atoms with van der Waals surface area (Å²) in [5.41, 5.74) is 0. The van der Waals surface area contributed by atoms with Crippen LogP contribution in [-0.4, -0.2) is 49.6 Å². The third-order valence-electron chi connectivity index (χ3n) is 3.14. The van der Waals surface area contributed by atoms with Crippen LogP contribution in [0.5, 0.6) is 0 Å². The number of hydrogen-bond donors (Lipinski definition) is 1. The smallest absolute Gasteiger partial charge is 0.242 e. The third-order valence-corrected chi connectivity index (χ3v) is 4.20. The van der Waals surface area contributed by atoms with Gasteiger partial charge in [0.05, 0.1) is 25.7 Å². The first kappa shape index (κ1) is 14.0. The standard InChI is InChI=1S/C13H18N2O3S/c1-10(11-3-2-8-19-11)13(17)14-9-12(16)15-4-6-18-7-5-15/h2-3,8,10H,4-7,9H2,1H3,(H,14,17)/t10-/m0/s1. The average molecular weight is 282 g/mol. The van der Waals surface area contributed by atoms with Crippen LogP contribution in [0.1, 0.15) is 17.7 Å². The van der Waals surface area contributed by atoms with Gasteiger partial charge in [0.15, 0.2) is 0 Å². The number of morpholine rings is 1. The molecular formula is C13H18N2O3S. The molecule has 6 heteroatoms. The minimum Gasteiger partial charge on any atom is -0.378 e. The molecular weight excluding hydrogens is 264 g/mol. The Morgan fingerprint density at radius 2 is 2.21 bits per heavy atom. The van der Waals surface area contributed by atoms with Gasteiger partial charge in [-0.15, -0.1) is 11.3 Å². The van der Waals surface area contributed by atoms with Crippen molar-refractivity contribution in [3.63, 3.8) is 0 Å². The van der Waals surface area contributed by atoms with E-state index in [9.17, 15) is 9.59 Å². The molecule has 2 rings (SSSR count). The molecule has 2 heterocycles. The number of carbonyl (C=O) groups is 2. The fraction of sp³-hybridized carbons (Fsp3) is 0.538. The molecule has 1 aliphatic heterocycles. The van der Waals surface area contributed by atoms with Crippen molar-refractivity contribution in [2.24, 2.45) is 0 Å². The summed E-state index contributed by atoms with van der Waals surface area (Å²) in [7, 11) is 0. The van der Waals surface area contributed by atoms with E-state index in [2.05, 4.69) is 5.32 Å². The highest BCUT2D eigenvalue weighted by Gasteiger charge is 2.20. The van der Waals surface area contributed by atoms with Crippen LogP contribution in [0.4, 0.5) is 0 Å². The second-order valence-electron chi connectivity index (χ2n) is 4.45. The lowest BCUT2D eigenvalue weighted by Gasteiger charge is -2.27. The summed E-state index contributed by atoms with van der Waals surface area (Å²) in [6.07, 6.45) is 0. The molecule has 5 nitrogen and oxygen atoms in total. The van der Waals surface area contributed by atoms with E-state index in [1.54, 1.807) is 16.2 Å². The first-order valence-corrected chi connectivity index (χ1v) is 7.23. The molecule has 0 aliphatic carbocycles. The Hall–Kier alpha value is -1.40. The molecule has 0 saturated carbocycles. The molecule has 1 fully saturated rings. The van der Waals surface area contributed by atoms with E-state index in [1.807, 2.05) is 24.4 Å². The average Bonchev–Trinajstić information content (AvgIpc) is 2.98. The highest BCUT2D eigenvalue weighted by molar-refractivity contribution is 7.10. The molecule has 0 bridgehead atoms. The highest BCUT2D eigenvalue weighted by atomic mass is 32.1. The van der Waals surface area contributed by atoms with Crippen molar-refractivity contribution in [2.45, 2.75) is 12.8 Å². The highest BCUT2D eigenvalue weighted by Crippen LogP contribution is 2.20. The Kier molecular flexibility index (Phi) is 4.93. The van der Waals surface area contributed by atoms with E-state index in [1.165, 1.54) is 0 Å². The second-order valence-corrected chi connectivity index (χ2v) is 5.43. The largest absolute Gasteiger partial charge is 0.378 e. The maximum atomic E-state index is 11.9. The van der Waals surface area contributed by atoms with Gasteiger partial charge in [0, 0.05) is 18.0 Å². The Labute approximate surface area is 116 Å². The molecule has 1 aromatic heterocycles. The Morgan fingerprint density at radius 1 is 1.47 bits per heavy atom. The van der Waals surface area contributed by atoms with E-state index in [-0.39, 0.29) is 24.3 Å². The van der Waals surface area contributed by atoms with Crippen LogP contribution in [0.15, 0.2) is 17.5 Å². The molecule has 0 spiro atoms. The van der Waals surface area contributed by atoms with Crippen LogP contribution in [0.25, 0.3) is 0 Å². The van der Waals surface area contributed by atoms with E-state index in [0.717, 1.165) is 4.88 Å². The van der Waals surface area contributed by atoms with Crippen molar-refractivity contribution < 1.29 is 14.3 Å². The summed E-state index contributed by atoms with van der Waals surface area (Å²) in [5, 5.41) is 4.65. The van der Waals surface area contributed by atoms with Gasteiger partial charge in [-0.1, -0.05) is 6.07 Å². The van der Waals surface area contributed by atoms with E-state index in [4.69, 9.17) is 4.74 Å². The zero-order chi connectivity index (χ0) is 13.7. The van der Waals surface area contributed by atoms with Gasteiger partial charge in [-0.2, -0.15) is 0 Å². The molecule has 2 amide bonds. The number of nitrogens with zero attached hydrogens (tertiary/aromatic N) is 1. The summed E-state index contributed by atoms with van der Waals surface area (Å²) in [5.74, 6) is -0.364. The van der Waals surface area contributed by atoms with Crippen molar-refractivity contribution in [1.29, 1.82) is 0 Å². The second kappa shape index (κ2) is 6.68. The molecule has 19 heavy (non-hydrogen) atoms. The fourth-order valence-corrected chi connectivity index (χ4v) is 2.69. The van der Waals surface area contributed by atoms with Gasteiger partial charge < -0.3 is 15.0 Å². The summed E-state index contributed by atoms with van der Waals surface area (Å²) in [6, 6.07) is 3.85. The fourth-order valence-electron chi connectivity index (χ4n) is 1.91. The van der Waals surface area contributed by atoms with Crippen molar-refractivity contribution in [3.05, 3.63) is 22.4 Å². The molecule has 0 unspecified atom stereocenters. The van der Waals surface area contributed by atoms with Crippen molar-refractivity contribution in [1.82, 2.24) is 10.2 Å². The summed E-state index contributed by atoms with van der Waals surface area (Å²) in [6.45, 7) is 4.27. The van der Waals surface area contributed by atoms with Crippen LogP contribution in [-0.2, 0) is 14.3 Å². The monoisotopic (exact) mass is 282 g/mol. The predicted molar refractivity (Wildman–Crippen MR) is 73.1 cm³/mol. The van der Waals surface area contributed by atoms with Gasteiger partial charge in [0.25, 0.3) is 0 Å². The van der Waals surface area contributed by atoms with E-state index < -0.39 is 0 Å². The molecule has 1 atom stereocenters. The topological polar surface area (TPSA) is 58.6 Å². The maximum Gasteiger partial charge on any atom is 0.242 e. The SMILES string of the molecule is C[C@H](C(=O)NCC(=O)N1CCOCC1)c1cccs1. The van der Waals surface area contributed by atoms with Crippen molar-refractivity contribution >= 4 is 23.2 Å². The normalized spacial score (nSPS) is 17.0. The molecule has 1 N–H and O–H groups in total. The molecule has 1 aromatic rings. The Balaban J connectivity index is 1.78. The van der Waals surface area contributed by atoms with Gasteiger partial charge in [0.1, 0.15) is 0 Å². The first-order chi connectivity index (χ1) is 9.18. The van der Waals surface area contributed by atoms with Gasteiger partial charge >= 0.3 is 0 Å². The molecule has 1 saturated heterocycles. The maximum absolute atomic E-state index is 11.9. The van der Waals surface area contributed by atoms with Gasteiger partial charge in [0.2, 0.25) is 11.8 Å². The lowest BCUT2D eigenvalue weighted by Crippen LogP contribution is -2.46. The number of thiophene rings is 1. The van der Waals surface area contributed by atoms with Crippen LogP contribution >= 0.6 is 11.3 Å². The zero-order valence-electron chi connectivity index (χ0n) is 10.9. The number of ether oxygens (including phenoxy) is 1. The lowest BCUT2D eigenvalue weighted by molar-refractivity contribution is -0.136. The third kappa shape index (κ3) is 3.78. The summed E-state index contributed by atoms with van der Waals surface area (Å²) >= 11 is 1.55. The predicted octanol–water partition coefficient (Wildman–Crippen LogP) is 0.827. The molecule has 1 aliphatic rings. The molecule has 104 valence electrons. The number of amides is 2. The Bertz CT molecular complexity index is 427. The van der Waals surface area contributed by atoms with Crippen LogP contribution < -0.4 is 5.32 Å². The van der Waals surface area contributed by atoms with Gasteiger partial charge in [-0.3, -0.25) is 9.59 Å². The summed E-state index contributed by atoms with van der Waals surface area (Å²) < 4.78 is 5.18. The van der Waals surface area contributed by atoms with Gasteiger partial charge in [-0.25, -0.2) is 0 Å². The van der Waals surface area contributed by atoms with Crippen LogP contribution in [0, 0.1) is 0 Å². The number of nitrogens with one attached hydrogen (secondary N) is 1. The van der Waals surface area contributed by atoms with Crippen molar-refractivity contribution in [2.75, 3.05) is 32.8 Å². The zero-order valence-corrected chi connectivity index (χ0v) is 11.7. The van der Waals surface area contributed by atoms with Crippen LogP contribution in [0.3, 0.4) is 0 Å².